The summed E-state index contributed by atoms with van der Waals surface area (Å²) in [5.74, 6) is 0.815. The van der Waals surface area contributed by atoms with E-state index in [1.807, 2.05) is 0 Å². The molecule has 0 bridgehead atoms. The van der Waals surface area contributed by atoms with Gasteiger partial charge in [0.25, 0.3) is 0 Å². The van der Waals surface area contributed by atoms with Crippen molar-refractivity contribution in [2.75, 3.05) is 0 Å². The average Bonchev–Trinajstić information content (AvgIpc) is 1.65. The lowest BCUT2D eigenvalue weighted by atomic mass is 10.1. The van der Waals surface area contributed by atoms with Crippen molar-refractivity contribution in [3.63, 3.8) is 0 Å². The fraction of sp³-hybridized carbons (Fsp3) is 0.333. The van der Waals surface area contributed by atoms with Gasteiger partial charge >= 0.3 is 0 Å². The molecule has 0 aliphatic rings. The van der Waals surface area contributed by atoms with Crippen LogP contribution in [0.5, 0.6) is 0 Å². The molecule has 0 heterocycles. The first-order valence-corrected chi connectivity index (χ1v) is 2.15. The highest BCUT2D eigenvalue weighted by Gasteiger charge is 1.99. The van der Waals surface area contributed by atoms with Crippen LogP contribution in [0.4, 0.5) is 0 Å². The van der Waals surface area contributed by atoms with Gasteiger partial charge in [0.15, 0.2) is 0 Å². The Morgan fingerprint density at radius 2 is 2.00 bits per heavy atom. The van der Waals surface area contributed by atoms with E-state index in [1.54, 1.807) is 13.0 Å². The van der Waals surface area contributed by atoms with E-state index in [-0.39, 0.29) is 5.78 Å². The van der Waals surface area contributed by atoms with Crippen LogP contribution in [-0.4, -0.2) is 5.78 Å². The Kier molecular flexibility index (Phi) is 2.34. The summed E-state index contributed by atoms with van der Waals surface area (Å²) in [6, 6.07) is 0. The number of rotatable bonds is 2. The van der Waals surface area contributed by atoms with Gasteiger partial charge in [-0.15, -0.1) is 6.58 Å². The minimum absolute atomic E-state index is 0.0926. The van der Waals surface area contributed by atoms with Crippen LogP contribution in [0, 0.1) is 5.92 Å². The minimum atomic E-state index is 0.0926. The molecule has 0 aliphatic carbocycles. The molecule has 0 atom stereocenters. The van der Waals surface area contributed by atoms with Crippen molar-refractivity contribution in [2.45, 2.75) is 13.8 Å². The molecule has 1 nitrogen and oxygen atoms in total. The zero-order valence-corrected chi connectivity index (χ0v) is 4.69. The first kappa shape index (κ1) is 6.41. The molecular weight excluding hydrogens is 88.1 g/mol. The maximum atomic E-state index is 10.3. The Balaban J connectivity index is 3.55. The SMILES string of the molecule is C=C[C](C)C(C)=O. The Morgan fingerprint density at radius 3 is 2.00 bits per heavy atom. The summed E-state index contributed by atoms with van der Waals surface area (Å²) in [6.07, 6.45) is 1.56. The van der Waals surface area contributed by atoms with Crippen LogP contribution in [0.15, 0.2) is 12.7 Å². The van der Waals surface area contributed by atoms with E-state index >= 15 is 0 Å². The van der Waals surface area contributed by atoms with Gasteiger partial charge in [0.2, 0.25) is 0 Å². The first-order chi connectivity index (χ1) is 3.18. The molecule has 0 amide bonds. The normalized spacial score (nSPS) is 9.00. The van der Waals surface area contributed by atoms with Crippen molar-refractivity contribution < 1.29 is 4.79 Å². The second kappa shape index (κ2) is 2.56. The highest BCUT2D eigenvalue weighted by molar-refractivity contribution is 5.91. The van der Waals surface area contributed by atoms with Gasteiger partial charge in [-0.3, -0.25) is 4.79 Å². The number of carbonyl (C=O) groups is 1. The van der Waals surface area contributed by atoms with Crippen LogP contribution in [0.25, 0.3) is 0 Å². The lowest BCUT2D eigenvalue weighted by Crippen LogP contribution is -1.97. The van der Waals surface area contributed by atoms with E-state index < -0.39 is 0 Å². The maximum Gasteiger partial charge on any atom is 0.140 e. The molecular formula is C6H9O. The zero-order valence-electron chi connectivity index (χ0n) is 4.69. The van der Waals surface area contributed by atoms with E-state index in [1.165, 1.54) is 6.92 Å². The quantitative estimate of drug-likeness (QED) is 0.508. The van der Waals surface area contributed by atoms with Crippen LogP contribution in [0.1, 0.15) is 13.8 Å². The van der Waals surface area contributed by atoms with Gasteiger partial charge in [-0.05, 0) is 13.8 Å². The summed E-state index contributed by atoms with van der Waals surface area (Å²) in [7, 11) is 0. The van der Waals surface area contributed by atoms with Gasteiger partial charge in [0, 0.05) is 0 Å². The number of Topliss-reactive ketones (excluding diaryl/α,β-unsaturated/α-hetero) is 1. The highest BCUT2D eigenvalue weighted by atomic mass is 16.1. The van der Waals surface area contributed by atoms with Crippen LogP contribution in [0.3, 0.4) is 0 Å². The third kappa shape index (κ3) is 2.15. The molecule has 0 rings (SSSR count). The highest BCUT2D eigenvalue weighted by Crippen LogP contribution is 1.97. The molecule has 0 aromatic rings. The number of ketones is 1. The van der Waals surface area contributed by atoms with Crippen LogP contribution in [0.2, 0.25) is 0 Å². The van der Waals surface area contributed by atoms with Gasteiger partial charge < -0.3 is 0 Å². The standard InChI is InChI=1S/C6H9O/c1-4-5(2)6(3)7/h4H,1H2,2-3H3. The molecule has 0 spiro atoms. The Labute approximate surface area is 44.0 Å². The van der Waals surface area contributed by atoms with Gasteiger partial charge in [-0.1, -0.05) is 6.08 Å². The van der Waals surface area contributed by atoms with Crippen molar-refractivity contribution in [2.24, 2.45) is 0 Å². The van der Waals surface area contributed by atoms with E-state index in [0.29, 0.717) is 0 Å². The van der Waals surface area contributed by atoms with Crippen molar-refractivity contribution >= 4 is 5.78 Å². The summed E-state index contributed by atoms with van der Waals surface area (Å²) in [5.41, 5.74) is 0. The van der Waals surface area contributed by atoms with Crippen molar-refractivity contribution in [1.82, 2.24) is 0 Å². The Bertz CT molecular complexity index is 84.2. The molecule has 0 saturated carbocycles. The van der Waals surface area contributed by atoms with Gasteiger partial charge in [0.05, 0.1) is 5.92 Å². The number of carbonyl (C=O) groups excluding carboxylic acids is 1. The monoisotopic (exact) mass is 97.1 g/mol. The summed E-state index contributed by atoms with van der Waals surface area (Å²) in [4.78, 5) is 10.3. The lowest BCUT2D eigenvalue weighted by Gasteiger charge is -1.92. The molecule has 0 aliphatic heterocycles. The van der Waals surface area contributed by atoms with E-state index in [2.05, 4.69) is 6.58 Å². The maximum absolute atomic E-state index is 10.3. The van der Waals surface area contributed by atoms with Gasteiger partial charge in [-0.25, -0.2) is 0 Å². The summed E-state index contributed by atoms with van der Waals surface area (Å²) in [5, 5.41) is 0. The van der Waals surface area contributed by atoms with E-state index in [9.17, 15) is 4.79 Å². The van der Waals surface area contributed by atoms with Crippen molar-refractivity contribution in [3.05, 3.63) is 18.6 Å². The van der Waals surface area contributed by atoms with Gasteiger partial charge in [0.1, 0.15) is 5.78 Å². The van der Waals surface area contributed by atoms with Crippen molar-refractivity contribution in [1.29, 1.82) is 0 Å². The lowest BCUT2D eigenvalue weighted by molar-refractivity contribution is -0.114. The predicted molar refractivity (Wildman–Crippen MR) is 29.8 cm³/mol. The predicted octanol–water partition coefficient (Wildman–Crippen LogP) is 1.36. The molecule has 7 heavy (non-hydrogen) atoms. The van der Waals surface area contributed by atoms with Crippen molar-refractivity contribution in [3.8, 4) is 0 Å². The number of hydrogen-bond donors (Lipinski definition) is 0. The van der Waals surface area contributed by atoms with Crippen LogP contribution in [-0.2, 0) is 4.79 Å². The Morgan fingerprint density at radius 1 is 1.57 bits per heavy atom. The van der Waals surface area contributed by atoms with Gasteiger partial charge in [-0.2, -0.15) is 0 Å². The third-order valence-corrected chi connectivity index (χ3v) is 0.862. The van der Waals surface area contributed by atoms with Crippen LogP contribution < -0.4 is 0 Å². The molecule has 0 fully saturated rings. The second-order valence-corrected chi connectivity index (χ2v) is 1.44. The average molecular weight is 97.1 g/mol. The third-order valence-electron chi connectivity index (χ3n) is 0.862. The zero-order chi connectivity index (χ0) is 5.86. The number of allylic oxidation sites excluding steroid dienone is 1. The smallest absolute Gasteiger partial charge is 0.140 e. The number of hydrogen-bond acceptors (Lipinski definition) is 1. The largest absolute Gasteiger partial charge is 0.299 e. The molecule has 0 unspecified atom stereocenters. The molecule has 1 radical (unpaired) electrons. The fourth-order valence-corrected chi connectivity index (χ4v) is 0.144. The molecule has 0 aromatic carbocycles. The van der Waals surface area contributed by atoms with E-state index in [4.69, 9.17) is 0 Å². The molecule has 0 saturated heterocycles. The summed E-state index contributed by atoms with van der Waals surface area (Å²) < 4.78 is 0. The topological polar surface area (TPSA) is 17.1 Å². The Hall–Kier alpha value is -0.590. The van der Waals surface area contributed by atoms with E-state index in [0.717, 1.165) is 5.92 Å². The summed E-state index contributed by atoms with van der Waals surface area (Å²) in [6.45, 7) is 6.69. The molecule has 1 heteroatoms. The molecule has 39 valence electrons. The molecule has 0 N–H and O–H groups in total. The van der Waals surface area contributed by atoms with Crippen LogP contribution >= 0.6 is 0 Å². The first-order valence-electron chi connectivity index (χ1n) is 2.15. The minimum Gasteiger partial charge on any atom is -0.299 e. The fourth-order valence-electron chi connectivity index (χ4n) is 0.144. The summed E-state index contributed by atoms with van der Waals surface area (Å²) >= 11 is 0. The second-order valence-electron chi connectivity index (χ2n) is 1.44. The molecule has 0 aromatic heterocycles.